The standard InChI is InChI=1S/C10H17N3OS2/c1-8-9(16-7-12-8)6-13(2)10(15)11-4-5-14-3/h7H,4-6H2,1-3H3,(H,11,15). The van der Waals surface area contributed by atoms with Crippen LogP contribution >= 0.6 is 23.6 Å². The zero-order valence-electron chi connectivity index (χ0n) is 9.82. The third-order valence-electron chi connectivity index (χ3n) is 2.15. The topological polar surface area (TPSA) is 37.4 Å². The molecular weight excluding hydrogens is 242 g/mol. The van der Waals surface area contributed by atoms with E-state index < -0.39 is 0 Å². The molecule has 0 fully saturated rings. The van der Waals surface area contributed by atoms with Gasteiger partial charge in [-0.25, -0.2) is 4.98 Å². The Labute approximate surface area is 106 Å². The number of thiocarbonyl (C=S) groups is 1. The molecule has 0 saturated carbocycles. The molecule has 0 radical (unpaired) electrons. The van der Waals surface area contributed by atoms with Crippen molar-refractivity contribution in [2.45, 2.75) is 13.5 Å². The van der Waals surface area contributed by atoms with Crippen LogP contribution in [0.4, 0.5) is 0 Å². The predicted octanol–water partition coefficient (Wildman–Crippen LogP) is 1.40. The largest absolute Gasteiger partial charge is 0.383 e. The van der Waals surface area contributed by atoms with E-state index in [1.807, 2.05) is 24.4 Å². The van der Waals surface area contributed by atoms with Crippen LogP contribution in [0.2, 0.25) is 0 Å². The van der Waals surface area contributed by atoms with Gasteiger partial charge in [-0.3, -0.25) is 0 Å². The first kappa shape index (κ1) is 13.3. The molecule has 1 heterocycles. The molecule has 0 amide bonds. The van der Waals surface area contributed by atoms with Gasteiger partial charge in [0.05, 0.1) is 24.4 Å². The maximum Gasteiger partial charge on any atom is 0.169 e. The second-order valence-electron chi connectivity index (χ2n) is 3.44. The van der Waals surface area contributed by atoms with E-state index >= 15 is 0 Å². The van der Waals surface area contributed by atoms with Crippen molar-refractivity contribution < 1.29 is 4.74 Å². The van der Waals surface area contributed by atoms with Crippen LogP contribution in [0.1, 0.15) is 10.6 Å². The highest BCUT2D eigenvalue weighted by Crippen LogP contribution is 2.13. The van der Waals surface area contributed by atoms with E-state index in [2.05, 4.69) is 10.3 Å². The lowest BCUT2D eigenvalue weighted by atomic mass is 10.4. The molecule has 0 aliphatic heterocycles. The molecule has 1 aromatic heterocycles. The van der Waals surface area contributed by atoms with Gasteiger partial charge in [-0.05, 0) is 19.1 Å². The van der Waals surface area contributed by atoms with Gasteiger partial charge >= 0.3 is 0 Å². The number of methoxy groups -OCH3 is 1. The molecule has 16 heavy (non-hydrogen) atoms. The van der Waals surface area contributed by atoms with Gasteiger partial charge in [0.2, 0.25) is 0 Å². The molecule has 1 N–H and O–H groups in total. The van der Waals surface area contributed by atoms with Crippen LogP contribution in [0, 0.1) is 6.92 Å². The van der Waals surface area contributed by atoms with Crippen molar-refractivity contribution in [2.24, 2.45) is 0 Å². The highest BCUT2D eigenvalue weighted by Gasteiger charge is 2.08. The number of aromatic nitrogens is 1. The van der Waals surface area contributed by atoms with Crippen molar-refractivity contribution in [2.75, 3.05) is 27.3 Å². The fourth-order valence-corrected chi connectivity index (χ4v) is 2.16. The summed E-state index contributed by atoms with van der Waals surface area (Å²) in [5, 5.41) is 3.87. The summed E-state index contributed by atoms with van der Waals surface area (Å²) in [5.74, 6) is 0. The van der Waals surface area contributed by atoms with Crippen LogP contribution in [0.25, 0.3) is 0 Å². The minimum atomic E-state index is 0.660. The van der Waals surface area contributed by atoms with E-state index in [1.165, 1.54) is 4.88 Å². The molecule has 1 aromatic rings. The van der Waals surface area contributed by atoms with E-state index in [4.69, 9.17) is 17.0 Å². The second kappa shape index (κ2) is 6.78. The van der Waals surface area contributed by atoms with Gasteiger partial charge in [0.15, 0.2) is 5.11 Å². The summed E-state index contributed by atoms with van der Waals surface area (Å²) in [6.45, 7) is 4.21. The molecule has 0 bridgehead atoms. The normalized spacial score (nSPS) is 10.2. The zero-order valence-corrected chi connectivity index (χ0v) is 11.5. The Bertz CT molecular complexity index is 341. The summed E-state index contributed by atoms with van der Waals surface area (Å²) >= 11 is 6.91. The maximum atomic E-state index is 5.25. The average Bonchev–Trinajstić information content (AvgIpc) is 2.64. The Morgan fingerprint density at radius 2 is 2.44 bits per heavy atom. The molecular formula is C10H17N3OS2. The fraction of sp³-hybridized carbons (Fsp3) is 0.600. The van der Waals surface area contributed by atoms with E-state index in [-0.39, 0.29) is 0 Å². The van der Waals surface area contributed by atoms with Crippen LogP contribution in [-0.2, 0) is 11.3 Å². The van der Waals surface area contributed by atoms with E-state index in [0.29, 0.717) is 6.61 Å². The van der Waals surface area contributed by atoms with Gasteiger partial charge < -0.3 is 15.0 Å². The molecule has 90 valence electrons. The molecule has 0 saturated heterocycles. The van der Waals surface area contributed by atoms with Gasteiger partial charge in [-0.2, -0.15) is 0 Å². The van der Waals surface area contributed by atoms with Gasteiger partial charge in [0, 0.05) is 25.6 Å². The SMILES string of the molecule is COCCNC(=S)N(C)Cc1scnc1C. The summed E-state index contributed by atoms with van der Waals surface area (Å²) in [5.41, 5.74) is 2.94. The number of thiazole rings is 1. The van der Waals surface area contributed by atoms with Crippen molar-refractivity contribution in [3.63, 3.8) is 0 Å². The molecule has 0 aromatic carbocycles. The van der Waals surface area contributed by atoms with Crippen molar-refractivity contribution in [3.8, 4) is 0 Å². The number of nitrogens with one attached hydrogen (secondary N) is 1. The van der Waals surface area contributed by atoms with Gasteiger partial charge in [-0.15, -0.1) is 11.3 Å². The summed E-state index contributed by atoms with van der Waals surface area (Å²) in [6, 6.07) is 0. The minimum Gasteiger partial charge on any atom is -0.383 e. The van der Waals surface area contributed by atoms with Crippen LogP contribution in [-0.4, -0.2) is 42.3 Å². The molecule has 0 unspecified atom stereocenters. The van der Waals surface area contributed by atoms with Gasteiger partial charge in [0.1, 0.15) is 0 Å². The number of hydrogen-bond donors (Lipinski definition) is 1. The van der Waals surface area contributed by atoms with Gasteiger partial charge in [-0.1, -0.05) is 0 Å². The van der Waals surface area contributed by atoms with E-state index in [1.54, 1.807) is 18.4 Å². The van der Waals surface area contributed by atoms with Crippen molar-refractivity contribution in [3.05, 3.63) is 16.1 Å². The third-order valence-corrected chi connectivity index (χ3v) is 3.53. The number of rotatable bonds is 5. The average molecular weight is 259 g/mol. The Kier molecular flexibility index (Phi) is 5.65. The Hall–Kier alpha value is -0.720. The van der Waals surface area contributed by atoms with Crippen LogP contribution in [0.5, 0.6) is 0 Å². The lowest BCUT2D eigenvalue weighted by Gasteiger charge is -2.20. The molecule has 0 aliphatic carbocycles. The Morgan fingerprint density at radius 3 is 3.00 bits per heavy atom. The predicted molar refractivity (Wildman–Crippen MR) is 70.8 cm³/mol. The molecule has 1 rings (SSSR count). The number of nitrogens with zero attached hydrogens (tertiary/aromatic N) is 2. The van der Waals surface area contributed by atoms with Crippen molar-refractivity contribution >= 4 is 28.7 Å². The quantitative estimate of drug-likeness (QED) is 0.639. The fourth-order valence-electron chi connectivity index (χ4n) is 1.16. The summed E-state index contributed by atoms with van der Waals surface area (Å²) in [7, 11) is 3.65. The highest BCUT2D eigenvalue weighted by atomic mass is 32.1. The maximum absolute atomic E-state index is 5.25. The Morgan fingerprint density at radius 1 is 1.69 bits per heavy atom. The molecule has 6 heteroatoms. The lowest BCUT2D eigenvalue weighted by molar-refractivity contribution is 0.203. The van der Waals surface area contributed by atoms with Crippen LogP contribution in [0.3, 0.4) is 0 Å². The third kappa shape index (κ3) is 4.03. The zero-order chi connectivity index (χ0) is 12.0. The number of aryl methyl sites for hydroxylation is 1. The monoisotopic (exact) mass is 259 g/mol. The summed E-state index contributed by atoms with van der Waals surface area (Å²) in [4.78, 5) is 7.47. The number of hydrogen-bond acceptors (Lipinski definition) is 4. The van der Waals surface area contributed by atoms with Crippen LogP contribution in [0.15, 0.2) is 5.51 Å². The first-order valence-corrected chi connectivity index (χ1v) is 6.30. The lowest BCUT2D eigenvalue weighted by Crippen LogP contribution is -2.38. The molecule has 0 aliphatic rings. The molecule has 0 atom stereocenters. The summed E-state index contributed by atoms with van der Waals surface area (Å²) in [6.07, 6.45) is 0. The van der Waals surface area contributed by atoms with E-state index in [0.717, 1.165) is 23.9 Å². The van der Waals surface area contributed by atoms with Crippen molar-refractivity contribution in [1.29, 1.82) is 0 Å². The van der Waals surface area contributed by atoms with Crippen molar-refractivity contribution in [1.82, 2.24) is 15.2 Å². The minimum absolute atomic E-state index is 0.660. The van der Waals surface area contributed by atoms with E-state index in [9.17, 15) is 0 Å². The Balaban J connectivity index is 2.37. The first-order chi connectivity index (χ1) is 7.65. The van der Waals surface area contributed by atoms with Gasteiger partial charge in [0.25, 0.3) is 0 Å². The van der Waals surface area contributed by atoms with Crippen LogP contribution < -0.4 is 5.32 Å². The smallest absolute Gasteiger partial charge is 0.169 e. The number of ether oxygens (including phenoxy) is 1. The first-order valence-electron chi connectivity index (χ1n) is 5.02. The molecule has 0 spiro atoms. The second-order valence-corrected chi connectivity index (χ2v) is 4.77. The summed E-state index contributed by atoms with van der Waals surface area (Å²) < 4.78 is 4.95. The molecule has 4 nitrogen and oxygen atoms in total. The highest BCUT2D eigenvalue weighted by molar-refractivity contribution is 7.80.